The SMILES string of the molecule is C=C1NCC(C)(C(C)=O)S1. The summed E-state index contributed by atoms with van der Waals surface area (Å²) in [6.45, 7) is 8.00. The van der Waals surface area contributed by atoms with Crippen LogP contribution in [-0.4, -0.2) is 17.1 Å². The van der Waals surface area contributed by atoms with Gasteiger partial charge in [-0.2, -0.15) is 0 Å². The number of rotatable bonds is 1. The van der Waals surface area contributed by atoms with Gasteiger partial charge in [0.1, 0.15) is 5.78 Å². The molecule has 2 nitrogen and oxygen atoms in total. The number of Topliss-reactive ketones (excluding diaryl/α,β-unsaturated/α-hetero) is 1. The lowest BCUT2D eigenvalue weighted by Gasteiger charge is -2.15. The van der Waals surface area contributed by atoms with E-state index in [1.165, 1.54) is 11.8 Å². The zero-order valence-electron chi connectivity index (χ0n) is 6.23. The molecule has 0 aromatic carbocycles. The highest BCUT2D eigenvalue weighted by Crippen LogP contribution is 2.35. The molecule has 0 aromatic rings. The Balaban J connectivity index is 2.72. The van der Waals surface area contributed by atoms with E-state index in [1.54, 1.807) is 6.92 Å². The Morgan fingerprint density at radius 2 is 2.50 bits per heavy atom. The number of hydrogen-bond donors (Lipinski definition) is 1. The van der Waals surface area contributed by atoms with Crippen LogP contribution in [0.5, 0.6) is 0 Å². The van der Waals surface area contributed by atoms with Crippen LogP contribution in [0.4, 0.5) is 0 Å². The van der Waals surface area contributed by atoms with Crippen LogP contribution >= 0.6 is 11.8 Å². The van der Waals surface area contributed by atoms with Crippen LogP contribution in [0.3, 0.4) is 0 Å². The first kappa shape index (κ1) is 7.66. The predicted molar refractivity (Wildman–Crippen MR) is 43.8 cm³/mol. The third kappa shape index (κ3) is 1.19. The van der Waals surface area contributed by atoms with Crippen LogP contribution < -0.4 is 5.32 Å². The standard InChI is InChI=1S/C7H11NOS/c1-5(9)7(3)4-8-6(2)10-7/h8H,2,4H2,1,3H3. The van der Waals surface area contributed by atoms with Crippen molar-refractivity contribution < 1.29 is 4.79 Å². The van der Waals surface area contributed by atoms with E-state index in [4.69, 9.17) is 0 Å². The molecular formula is C7H11NOS. The van der Waals surface area contributed by atoms with Crippen molar-refractivity contribution >= 4 is 17.5 Å². The van der Waals surface area contributed by atoms with E-state index in [0.29, 0.717) is 6.54 Å². The number of thioether (sulfide) groups is 1. The van der Waals surface area contributed by atoms with Crippen molar-refractivity contribution in [3.05, 3.63) is 11.6 Å². The fourth-order valence-electron chi connectivity index (χ4n) is 0.808. The molecule has 1 saturated heterocycles. The number of carbonyl (C=O) groups is 1. The van der Waals surface area contributed by atoms with Crippen molar-refractivity contribution in [3.8, 4) is 0 Å². The number of carbonyl (C=O) groups excluding carboxylic acids is 1. The highest BCUT2D eigenvalue weighted by molar-refractivity contribution is 8.05. The van der Waals surface area contributed by atoms with Gasteiger partial charge in [0.15, 0.2) is 0 Å². The minimum Gasteiger partial charge on any atom is -0.378 e. The van der Waals surface area contributed by atoms with Gasteiger partial charge in [0.2, 0.25) is 0 Å². The smallest absolute Gasteiger partial charge is 0.147 e. The quantitative estimate of drug-likeness (QED) is 0.619. The third-order valence-corrected chi connectivity index (χ3v) is 2.99. The summed E-state index contributed by atoms with van der Waals surface area (Å²) in [6.07, 6.45) is 0. The van der Waals surface area contributed by atoms with Crippen LogP contribution in [0.2, 0.25) is 0 Å². The Labute approximate surface area is 65.1 Å². The monoisotopic (exact) mass is 157 g/mol. The van der Waals surface area contributed by atoms with E-state index in [-0.39, 0.29) is 10.5 Å². The summed E-state index contributed by atoms with van der Waals surface area (Å²) in [6, 6.07) is 0. The molecule has 1 rings (SSSR count). The summed E-state index contributed by atoms with van der Waals surface area (Å²) in [5.74, 6) is 0.212. The van der Waals surface area contributed by atoms with Crippen molar-refractivity contribution in [3.63, 3.8) is 0 Å². The van der Waals surface area contributed by atoms with Crippen molar-refractivity contribution in [2.45, 2.75) is 18.6 Å². The Morgan fingerprint density at radius 1 is 1.90 bits per heavy atom. The average molecular weight is 157 g/mol. The molecule has 0 saturated carbocycles. The number of ketones is 1. The lowest BCUT2D eigenvalue weighted by atomic mass is 10.1. The van der Waals surface area contributed by atoms with Gasteiger partial charge in [0.05, 0.1) is 9.78 Å². The van der Waals surface area contributed by atoms with Crippen molar-refractivity contribution in [2.75, 3.05) is 6.54 Å². The van der Waals surface area contributed by atoms with Crippen LogP contribution in [0.25, 0.3) is 0 Å². The molecule has 3 heteroatoms. The van der Waals surface area contributed by atoms with Crippen LogP contribution in [0, 0.1) is 0 Å². The molecular weight excluding hydrogens is 146 g/mol. The molecule has 1 unspecified atom stereocenters. The van der Waals surface area contributed by atoms with Gasteiger partial charge in [-0.3, -0.25) is 4.79 Å². The van der Waals surface area contributed by atoms with Gasteiger partial charge in [-0.1, -0.05) is 18.3 Å². The second-order valence-corrected chi connectivity index (χ2v) is 4.26. The van der Waals surface area contributed by atoms with Crippen LogP contribution in [0.15, 0.2) is 11.6 Å². The molecule has 1 atom stereocenters. The van der Waals surface area contributed by atoms with Gasteiger partial charge in [-0.15, -0.1) is 0 Å². The first-order valence-corrected chi connectivity index (χ1v) is 3.99. The Morgan fingerprint density at radius 3 is 2.70 bits per heavy atom. The van der Waals surface area contributed by atoms with E-state index >= 15 is 0 Å². The molecule has 0 bridgehead atoms. The number of nitrogens with one attached hydrogen (secondary N) is 1. The van der Waals surface area contributed by atoms with E-state index in [0.717, 1.165) is 5.03 Å². The van der Waals surface area contributed by atoms with Crippen molar-refractivity contribution in [1.29, 1.82) is 0 Å². The van der Waals surface area contributed by atoms with E-state index in [2.05, 4.69) is 11.9 Å². The Hall–Kier alpha value is -0.440. The second kappa shape index (κ2) is 2.31. The largest absolute Gasteiger partial charge is 0.378 e. The molecule has 0 aliphatic carbocycles. The first-order chi connectivity index (χ1) is 4.54. The molecule has 1 aliphatic rings. The van der Waals surface area contributed by atoms with Gasteiger partial charge >= 0.3 is 0 Å². The molecule has 1 N–H and O–H groups in total. The third-order valence-electron chi connectivity index (χ3n) is 1.72. The Bertz CT molecular complexity index is 190. The lowest BCUT2D eigenvalue weighted by molar-refractivity contribution is -0.118. The molecule has 0 radical (unpaired) electrons. The molecule has 1 aliphatic heterocycles. The summed E-state index contributed by atoms with van der Waals surface area (Å²) in [5, 5.41) is 3.94. The molecule has 0 spiro atoms. The Kier molecular flexibility index (Phi) is 1.77. The molecule has 0 aromatic heterocycles. The van der Waals surface area contributed by atoms with Gasteiger partial charge in [-0.05, 0) is 13.8 Å². The molecule has 1 heterocycles. The van der Waals surface area contributed by atoms with Crippen LogP contribution in [-0.2, 0) is 4.79 Å². The average Bonchev–Trinajstić information content (AvgIpc) is 2.13. The zero-order valence-corrected chi connectivity index (χ0v) is 7.05. The van der Waals surface area contributed by atoms with Gasteiger partial charge in [0.25, 0.3) is 0 Å². The highest BCUT2D eigenvalue weighted by atomic mass is 32.2. The van der Waals surface area contributed by atoms with Gasteiger partial charge < -0.3 is 5.32 Å². The zero-order chi connectivity index (χ0) is 7.78. The fraction of sp³-hybridized carbons (Fsp3) is 0.571. The minimum atomic E-state index is -0.267. The molecule has 10 heavy (non-hydrogen) atoms. The maximum absolute atomic E-state index is 11.0. The normalized spacial score (nSPS) is 32.0. The fourth-order valence-corrected chi connectivity index (χ4v) is 1.78. The topological polar surface area (TPSA) is 29.1 Å². The predicted octanol–water partition coefficient (Wildman–Crippen LogP) is 1.14. The summed E-state index contributed by atoms with van der Waals surface area (Å²) < 4.78 is -0.267. The van der Waals surface area contributed by atoms with Crippen molar-refractivity contribution in [2.24, 2.45) is 0 Å². The first-order valence-electron chi connectivity index (χ1n) is 3.17. The van der Waals surface area contributed by atoms with Gasteiger partial charge in [0, 0.05) is 6.54 Å². The summed E-state index contributed by atoms with van der Waals surface area (Å²) >= 11 is 1.52. The summed E-state index contributed by atoms with van der Waals surface area (Å²) in [5.41, 5.74) is 0. The molecule has 1 fully saturated rings. The highest BCUT2D eigenvalue weighted by Gasteiger charge is 2.36. The lowest BCUT2D eigenvalue weighted by Crippen LogP contribution is -2.32. The minimum absolute atomic E-state index is 0.212. The summed E-state index contributed by atoms with van der Waals surface area (Å²) in [7, 11) is 0. The van der Waals surface area contributed by atoms with E-state index < -0.39 is 0 Å². The number of hydrogen-bond acceptors (Lipinski definition) is 3. The van der Waals surface area contributed by atoms with E-state index in [9.17, 15) is 4.79 Å². The second-order valence-electron chi connectivity index (χ2n) is 2.67. The van der Waals surface area contributed by atoms with Crippen molar-refractivity contribution in [1.82, 2.24) is 5.32 Å². The maximum atomic E-state index is 11.0. The molecule has 0 amide bonds. The van der Waals surface area contributed by atoms with Crippen LogP contribution in [0.1, 0.15) is 13.8 Å². The summed E-state index contributed by atoms with van der Waals surface area (Å²) in [4.78, 5) is 11.0. The molecule has 56 valence electrons. The van der Waals surface area contributed by atoms with Gasteiger partial charge in [-0.25, -0.2) is 0 Å². The van der Waals surface area contributed by atoms with E-state index in [1.807, 2.05) is 6.92 Å². The maximum Gasteiger partial charge on any atom is 0.147 e.